The first-order valence-electron chi connectivity index (χ1n) is 8.78. The van der Waals surface area contributed by atoms with Gasteiger partial charge in [-0.05, 0) is 44.5 Å². The standard InChI is InChI=1S/C18H25N3O3/c1-2-20-11-5-7-14(20)13-19-17(22)10-6-12-21-15-8-3-4-9-16(15)24-18(21)23/h3-4,8-9,14H,2,5-7,10-13H2,1H3,(H,19,22)/t14-/m0/s1. The molecule has 0 saturated carbocycles. The average Bonchev–Trinajstić information content (AvgIpc) is 3.17. The summed E-state index contributed by atoms with van der Waals surface area (Å²) in [5.41, 5.74) is 1.38. The van der Waals surface area contributed by atoms with Crippen LogP contribution in [0, 0.1) is 0 Å². The van der Waals surface area contributed by atoms with Crippen molar-refractivity contribution in [2.75, 3.05) is 19.6 Å². The van der Waals surface area contributed by atoms with Gasteiger partial charge in [0.25, 0.3) is 0 Å². The van der Waals surface area contributed by atoms with Crippen LogP contribution in [0.15, 0.2) is 33.5 Å². The molecule has 1 N–H and O–H groups in total. The Morgan fingerprint density at radius 1 is 1.38 bits per heavy atom. The van der Waals surface area contributed by atoms with Gasteiger partial charge in [-0.2, -0.15) is 0 Å². The normalized spacial score (nSPS) is 18.3. The molecule has 2 aromatic rings. The zero-order chi connectivity index (χ0) is 16.9. The first-order valence-corrected chi connectivity index (χ1v) is 8.78. The first-order chi connectivity index (χ1) is 11.7. The number of fused-ring (bicyclic) bond motifs is 1. The Bertz CT molecular complexity index is 749. The Morgan fingerprint density at radius 2 is 2.21 bits per heavy atom. The van der Waals surface area contributed by atoms with E-state index in [1.165, 1.54) is 6.42 Å². The van der Waals surface area contributed by atoms with Crippen molar-refractivity contribution in [2.24, 2.45) is 0 Å². The molecule has 6 nitrogen and oxygen atoms in total. The number of aromatic nitrogens is 1. The number of nitrogens with one attached hydrogen (secondary N) is 1. The van der Waals surface area contributed by atoms with Crippen LogP contribution in [0.5, 0.6) is 0 Å². The highest BCUT2D eigenvalue weighted by molar-refractivity contribution is 5.76. The maximum atomic E-state index is 12.0. The summed E-state index contributed by atoms with van der Waals surface area (Å²) < 4.78 is 6.79. The van der Waals surface area contributed by atoms with Crippen LogP contribution < -0.4 is 11.1 Å². The minimum Gasteiger partial charge on any atom is -0.408 e. The van der Waals surface area contributed by atoms with E-state index in [1.54, 1.807) is 10.6 Å². The highest BCUT2D eigenvalue weighted by atomic mass is 16.4. The largest absolute Gasteiger partial charge is 0.419 e. The molecule has 0 radical (unpaired) electrons. The molecule has 1 aliphatic rings. The fourth-order valence-electron chi connectivity index (χ4n) is 3.49. The number of likely N-dealkylation sites (N-methyl/N-ethyl adjacent to an activating group) is 1. The molecule has 1 amide bonds. The van der Waals surface area contributed by atoms with Crippen molar-refractivity contribution >= 4 is 17.0 Å². The molecule has 0 spiro atoms. The van der Waals surface area contributed by atoms with Crippen LogP contribution in [0.2, 0.25) is 0 Å². The van der Waals surface area contributed by atoms with Gasteiger partial charge in [0.2, 0.25) is 5.91 Å². The molecule has 0 aliphatic carbocycles. The lowest BCUT2D eigenvalue weighted by Gasteiger charge is -2.22. The van der Waals surface area contributed by atoms with Crippen molar-refractivity contribution in [3.63, 3.8) is 0 Å². The van der Waals surface area contributed by atoms with Crippen LogP contribution >= 0.6 is 0 Å². The summed E-state index contributed by atoms with van der Waals surface area (Å²) in [5.74, 6) is -0.306. The van der Waals surface area contributed by atoms with Crippen molar-refractivity contribution < 1.29 is 9.21 Å². The Hall–Kier alpha value is -2.08. The highest BCUT2D eigenvalue weighted by Gasteiger charge is 2.22. The Morgan fingerprint density at radius 3 is 3.04 bits per heavy atom. The number of benzene rings is 1. The van der Waals surface area contributed by atoms with Crippen LogP contribution in [-0.2, 0) is 11.3 Å². The van der Waals surface area contributed by atoms with Crippen molar-refractivity contribution in [2.45, 2.75) is 45.2 Å². The number of likely N-dealkylation sites (tertiary alicyclic amines) is 1. The van der Waals surface area contributed by atoms with E-state index in [9.17, 15) is 9.59 Å². The van der Waals surface area contributed by atoms with Crippen molar-refractivity contribution in [3.8, 4) is 0 Å². The zero-order valence-electron chi connectivity index (χ0n) is 14.2. The van der Waals surface area contributed by atoms with E-state index in [1.807, 2.05) is 18.2 Å². The molecule has 0 bridgehead atoms. The topological polar surface area (TPSA) is 67.5 Å². The van der Waals surface area contributed by atoms with Crippen LogP contribution in [0.25, 0.3) is 11.1 Å². The third-order valence-electron chi connectivity index (χ3n) is 4.80. The van der Waals surface area contributed by atoms with Crippen molar-refractivity contribution in [3.05, 3.63) is 34.8 Å². The van der Waals surface area contributed by atoms with Crippen LogP contribution in [0.3, 0.4) is 0 Å². The van der Waals surface area contributed by atoms with Gasteiger partial charge in [-0.3, -0.25) is 14.3 Å². The summed E-state index contributed by atoms with van der Waals surface area (Å²) in [5, 5.41) is 3.03. The number of carbonyl (C=O) groups is 1. The molecule has 1 fully saturated rings. The van der Waals surface area contributed by atoms with Gasteiger partial charge in [-0.1, -0.05) is 19.1 Å². The van der Waals surface area contributed by atoms with Gasteiger partial charge in [-0.15, -0.1) is 0 Å². The third-order valence-corrected chi connectivity index (χ3v) is 4.80. The minimum atomic E-state index is -0.360. The predicted molar refractivity (Wildman–Crippen MR) is 93.0 cm³/mol. The lowest BCUT2D eigenvalue weighted by atomic mass is 10.2. The van der Waals surface area contributed by atoms with Gasteiger partial charge in [0.15, 0.2) is 5.58 Å². The second-order valence-corrected chi connectivity index (χ2v) is 6.32. The molecule has 1 aromatic heterocycles. The number of carbonyl (C=O) groups excluding carboxylic acids is 1. The quantitative estimate of drug-likeness (QED) is 0.842. The van der Waals surface area contributed by atoms with Gasteiger partial charge in [-0.25, -0.2) is 4.79 Å². The Labute approximate surface area is 141 Å². The zero-order valence-corrected chi connectivity index (χ0v) is 14.2. The number of amides is 1. The van der Waals surface area contributed by atoms with E-state index in [0.717, 1.165) is 31.6 Å². The minimum absolute atomic E-state index is 0.0544. The van der Waals surface area contributed by atoms with Crippen molar-refractivity contribution in [1.29, 1.82) is 0 Å². The molecule has 24 heavy (non-hydrogen) atoms. The Kier molecular flexibility index (Phi) is 5.35. The summed E-state index contributed by atoms with van der Waals surface area (Å²) in [6.07, 6.45) is 3.41. The fourth-order valence-corrected chi connectivity index (χ4v) is 3.49. The van der Waals surface area contributed by atoms with E-state index < -0.39 is 0 Å². The maximum absolute atomic E-state index is 12.0. The Balaban J connectivity index is 1.46. The van der Waals surface area contributed by atoms with Gasteiger partial charge in [0, 0.05) is 25.6 Å². The number of rotatable bonds is 7. The summed E-state index contributed by atoms with van der Waals surface area (Å²) in [7, 11) is 0. The number of para-hydroxylation sites is 2. The molecule has 6 heteroatoms. The van der Waals surface area contributed by atoms with E-state index >= 15 is 0 Å². The summed E-state index contributed by atoms with van der Waals surface area (Å²) in [4.78, 5) is 26.3. The van der Waals surface area contributed by atoms with Crippen LogP contribution in [0.4, 0.5) is 0 Å². The summed E-state index contributed by atoms with van der Waals surface area (Å²) in [6.45, 7) is 5.55. The van der Waals surface area contributed by atoms with E-state index in [4.69, 9.17) is 4.42 Å². The third kappa shape index (κ3) is 3.70. The smallest absolute Gasteiger partial charge is 0.408 e. The predicted octanol–water partition coefficient (Wildman–Crippen LogP) is 1.98. The molecule has 3 rings (SSSR count). The highest BCUT2D eigenvalue weighted by Crippen LogP contribution is 2.15. The molecule has 130 valence electrons. The van der Waals surface area contributed by atoms with E-state index in [-0.39, 0.29) is 11.7 Å². The second kappa shape index (κ2) is 7.66. The molecule has 1 atom stereocenters. The van der Waals surface area contributed by atoms with Crippen LogP contribution in [-0.4, -0.2) is 41.1 Å². The van der Waals surface area contributed by atoms with E-state index in [0.29, 0.717) is 31.0 Å². The number of hydrogen-bond donors (Lipinski definition) is 1. The number of hydrogen-bond acceptors (Lipinski definition) is 4. The molecule has 1 aliphatic heterocycles. The van der Waals surface area contributed by atoms with Gasteiger partial charge in [0.05, 0.1) is 5.52 Å². The van der Waals surface area contributed by atoms with Crippen molar-refractivity contribution in [1.82, 2.24) is 14.8 Å². The number of nitrogens with zero attached hydrogens (tertiary/aromatic N) is 2. The SMILES string of the molecule is CCN1CCC[C@H]1CNC(=O)CCCn1c(=O)oc2ccccc21. The van der Waals surface area contributed by atoms with E-state index in [2.05, 4.69) is 17.1 Å². The first kappa shape index (κ1) is 16.8. The lowest BCUT2D eigenvalue weighted by Crippen LogP contribution is -2.40. The summed E-state index contributed by atoms with van der Waals surface area (Å²) in [6, 6.07) is 7.83. The monoisotopic (exact) mass is 331 g/mol. The van der Waals surface area contributed by atoms with Gasteiger partial charge < -0.3 is 9.73 Å². The lowest BCUT2D eigenvalue weighted by molar-refractivity contribution is -0.121. The van der Waals surface area contributed by atoms with Crippen LogP contribution in [0.1, 0.15) is 32.6 Å². The number of aryl methyl sites for hydroxylation is 1. The molecule has 0 unspecified atom stereocenters. The fraction of sp³-hybridized carbons (Fsp3) is 0.556. The average molecular weight is 331 g/mol. The summed E-state index contributed by atoms with van der Waals surface area (Å²) >= 11 is 0. The molecule has 1 aromatic carbocycles. The second-order valence-electron chi connectivity index (χ2n) is 6.32. The molecule has 2 heterocycles. The molecular weight excluding hydrogens is 306 g/mol. The molecular formula is C18H25N3O3. The number of oxazole rings is 1. The maximum Gasteiger partial charge on any atom is 0.419 e. The van der Waals surface area contributed by atoms with Gasteiger partial charge in [0.1, 0.15) is 0 Å². The molecule has 1 saturated heterocycles. The van der Waals surface area contributed by atoms with Gasteiger partial charge >= 0.3 is 5.76 Å².